The minimum atomic E-state index is -3.48. The van der Waals surface area contributed by atoms with Crippen LogP contribution in [0.4, 0.5) is 5.69 Å². The Morgan fingerprint density at radius 3 is 2.10 bits per heavy atom. The molecule has 2 amide bonds. The molecule has 1 saturated carbocycles. The highest BCUT2D eigenvalue weighted by Gasteiger charge is 2.28. The molecule has 9 heteroatoms. The number of amides is 2. The van der Waals surface area contributed by atoms with Crippen LogP contribution in [0.1, 0.15) is 58.4 Å². The Morgan fingerprint density at radius 2 is 1.40 bits per heavy atom. The highest BCUT2D eigenvalue weighted by atomic mass is 32.2. The fourth-order valence-electron chi connectivity index (χ4n) is 5.38. The zero-order chi connectivity index (χ0) is 28.0. The normalized spacial score (nSPS) is 17.3. The molecule has 5 rings (SSSR count). The molecular weight excluding hydrogens is 524 g/mol. The number of carbonyl (C=O) groups is 2. The van der Waals surface area contributed by atoms with Crippen molar-refractivity contribution in [2.45, 2.75) is 49.6 Å². The van der Waals surface area contributed by atoms with Crippen LogP contribution in [0.25, 0.3) is 0 Å². The van der Waals surface area contributed by atoms with Gasteiger partial charge in [-0.15, -0.1) is 0 Å². The predicted octanol–water partition coefficient (Wildman–Crippen LogP) is 4.51. The molecule has 0 spiro atoms. The van der Waals surface area contributed by atoms with Gasteiger partial charge in [-0.1, -0.05) is 61.7 Å². The van der Waals surface area contributed by atoms with E-state index in [1.54, 1.807) is 65.0 Å². The molecule has 3 aromatic rings. The molecule has 1 heterocycles. The van der Waals surface area contributed by atoms with Crippen molar-refractivity contribution in [3.8, 4) is 0 Å². The maximum Gasteiger partial charge on any atom is 0.255 e. The summed E-state index contributed by atoms with van der Waals surface area (Å²) < 4.78 is 27.3. The lowest BCUT2D eigenvalue weighted by molar-refractivity contribution is 0.0928. The summed E-state index contributed by atoms with van der Waals surface area (Å²) in [7, 11) is -3.48. The van der Waals surface area contributed by atoms with E-state index in [0.717, 1.165) is 31.2 Å². The molecule has 0 aromatic heterocycles. The molecule has 0 unspecified atom stereocenters. The third-order valence-corrected chi connectivity index (χ3v) is 9.61. The van der Waals surface area contributed by atoms with Crippen LogP contribution in [0.3, 0.4) is 0 Å². The van der Waals surface area contributed by atoms with E-state index in [1.807, 2.05) is 18.2 Å². The number of rotatable bonds is 8. The third kappa shape index (κ3) is 6.78. The van der Waals surface area contributed by atoms with E-state index < -0.39 is 10.0 Å². The number of sulfonamides is 1. The lowest BCUT2D eigenvalue weighted by atomic mass is 9.95. The molecule has 2 N–H and O–H groups in total. The summed E-state index contributed by atoms with van der Waals surface area (Å²) in [6.07, 6.45) is 5.47. The molecular formula is C31H36N4O4S. The maximum atomic E-state index is 13.0. The topological polar surface area (TPSA) is 98.8 Å². The lowest BCUT2D eigenvalue weighted by Crippen LogP contribution is -2.48. The highest BCUT2D eigenvalue weighted by Crippen LogP contribution is 2.22. The smallest absolute Gasteiger partial charge is 0.255 e. The van der Waals surface area contributed by atoms with Gasteiger partial charge in [0.25, 0.3) is 11.8 Å². The molecule has 1 aliphatic carbocycles. The van der Waals surface area contributed by atoms with Gasteiger partial charge in [0, 0.05) is 44.3 Å². The summed E-state index contributed by atoms with van der Waals surface area (Å²) in [6.45, 7) is 2.81. The van der Waals surface area contributed by atoms with E-state index in [1.165, 1.54) is 6.42 Å². The Kier molecular flexibility index (Phi) is 8.94. The Labute approximate surface area is 236 Å². The van der Waals surface area contributed by atoms with E-state index >= 15 is 0 Å². The van der Waals surface area contributed by atoms with Crippen LogP contribution in [-0.2, 0) is 16.6 Å². The largest absolute Gasteiger partial charge is 0.349 e. The summed E-state index contributed by atoms with van der Waals surface area (Å²) in [5.74, 6) is -0.431. The number of piperazine rings is 1. The van der Waals surface area contributed by atoms with Crippen LogP contribution < -0.4 is 10.6 Å². The zero-order valence-corrected chi connectivity index (χ0v) is 23.4. The molecule has 0 bridgehead atoms. The number of carbonyl (C=O) groups excluding carboxylic acids is 2. The van der Waals surface area contributed by atoms with Crippen LogP contribution in [-0.4, -0.2) is 61.7 Å². The molecule has 40 heavy (non-hydrogen) atoms. The number of nitrogens with one attached hydrogen (secondary N) is 2. The first kappa shape index (κ1) is 28.0. The second kappa shape index (κ2) is 12.8. The van der Waals surface area contributed by atoms with Crippen LogP contribution >= 0.6 is 0 Å². The highest BCUT2D eigenvalue weighted by molar-refractivity contribution is 7.89. The van der Waals surface area contributed by atoms with Gasteiger partial charge in [0.05, 0.1) is 16.1 Å². The molecule has 210 valence electrons. The standard InChI is InChI=1S/C31H36N4O4S/c36-30(33-29-14-8-7-13-28(29)31(37)32-26-9-3-1-4-10-26)25-17-15-24(16-18-25)23-34-19-21-35(22-20-34)40(38,39)27-11-5-2-6-12-27/h2,5-8,11-18,26H,1,3-4,9-10,19-23H2,(H,32,37)(H,33,36). The summed E-state index contributed by atoms with van der Waals surface area (Å²) in [5, 5.41) is 6.03. The van der Waals surface area contributed by atoms with Gasteiger partial charge in [0.1, 0.15) is 0 Å². The van der Waals surface area contributed by atoms with E-state index in [2.05, 4.69) is 15.5 Å². The van der Waals surface area contributed by atoms with Crippen molar-refractivity contribution in [1.82, 2.24) is 14.5 Å². The third-order valence-electron chi connectivity index (χ3n) is 7.69. The Hall–Kier alpha value is -3.53. The van der Waals surface area contributed by atoms with Crippen LogP contribution in [0.5, 0.6) is 0 Å². The van der Waals surface area contributed by atoms with Crippen molar-refractivity contribution in [2.75, 3.05) is 31.5 Å². The number of benzene rings is 3. The Morgan fingerprint density at radius 1 is 0.750 bits per heavy atom. The minimum absolute atomic E-state index is 0.158. The quantitative estimate of drug-likeness (QED) is 0.423. The summed E-state index contributed by atoms with van der Waals surface area (Å²) >= 11 is 0. The first-order valence-electron chi connectivity index (χ1n) is 14.0. The fourth-order valence-corrected chi connectivity index (χ4v) is 6.83. The van der Waals surface area contributed by atoms with Crippen molar-refractivity contribution >= 4 is 27.5 Å². The van der Waals surface area contributed by atoms with E-state index in [4.69, 9.17) is 0 Å². The second-order valence-electron chi connectivity index (χ2n) is 10.5. The van der Waals surface area contributed by atoms with Gasteiger partial charge in [-0.05, 0) is 54.8 Å². The van der Waals surface area contributed by atoms with Crippen LogP contribution in [0.2, 0.25) is 0 Å². The maximum absolute atomic E-state index is 13.0. The second-order valence-corrected chi connectivity index (χ2v) is 12.4. The molecule has 1 saturated heterocycles. The minimum Gasteiger partial charge on any atom is -0.349 e. The molecule has 0 radical (unpaired) electrons. The first-order valence-corrected chi connectivity index (χ1v) is 15.4. The summed E-state index contributed by atoms with van der Waals surface area (Å²) in [6, 6.07) is 23.2. The SMILES string of the molecule is O=C(Nc1ccccc1C(=O)NC1CCCCC1)c1ccc(CN2CCN(S(=O)(=O)c3ccccc3)CC2)cc1. The molecule has 0 atom stereocenters. The van der Waals surface area contributed by atoms with Gasteiger partial charge in [-0.2, -0.15) is 4.31 Å². The van der Waals surface area contributed by atoms with Crippen molar-refractivity contribution in [3.05, 3.63) is 95.6 Å². The molecule has 3 aromatic carbocycles. The number of nitrogens with zero attached hydrogens (tertiary/aromatic N) is 2. The summed E-state index contributed by atoms with van der Waals surface area (Å²) in [5.41, 5.74) is 2.51. The molecule has 1 aliphatic heterocycles. The fraction of sp³-hybridized carbons (Fsp3) is 0.355. The number of hydrogen-bond acceptors (Lipinski definition) is 5. The lowest BCUT2D eigenvalue weighted by Gasteiger charge is -2.34. The monoisotopic (exact) mass is 560 g/mol. The van der Waals surface area contributed by atoms with Crippen LogP contribution in [0.15, 0.2) is 83.8 Å². The Bertz CT molecular complexity index is 1410. The number of anilines is 1. The molecule has 2 fully saturated rings. The van der Waals surface area contributed by atoms with Crippen molar-refractivity contribution in [2.24, 2.45) is 0 Å². The predicted molar refractivity (Wildman–Crippen MR) is 156 cm³/mol. The van der Waals surface area contributed by atoms with Crippen molar-refractivity contribution < 1.29 is 18.0 Å². The summed E-state index contributed by atoms with van der Waals surface area (Å²) in [4.78, 5) is 28.5. The Balaban J connectivity index is 1.15. The van der Waals surface area contributed by atoms with E-state index in [0.29, 0.717) is 54.4 Å². The molecule has 8 nitrogen and oxygen atoms in total. The average Bonchev–Trinajstić information content (AvgIpc) is 2.99. The van der Waals surface area contributed by atoms with Gasteiger partial charge < -0.3 is 10.6 Å². The average molecular weight is 561 g/mol. The van der Waals surface area contributed by atoms with E-state index in [-0.39, 0.29) is 17.9 Å². The number of hydrogen-bond donors (Lipinski definition) is 2. The van der Waals surface area contributed by atoms with Crippen LogP contribution in [0, 0.1) is 0 Å². The first-order chi connectivity index (χ1) is 19.4. The van der Waals surface area contributed by atoms with Gasteiger partial charge in [-0.25, -0.2) is 8.42 Å². The zero-order valence-electron chi connectivity index (χ0n) is 22.6. The van der Waals surface area contributed by atoms with E-state index in [9.17, 15) is 18.0 Å². The van der Waals surface area contributed by atoms with Gasteiger partial charge in [0.2, 0.25) is 10.0 Å². The number of para-hydroxylation sites is 1. The van der Waals surface area contributed by atoms with Gasteiger partial charge in [-0.3, -0.25) is 14.5 Å². The van der Waals surface area contributed by atoms with Crippen molar-refractivity contribution in [1.29, 1.82) is 0 Å². The van der Waals surface area contributed by atoms with Crippen molar-refractivity contribution in [3.63, 3.8) is 0 Å². The van der Waals surface area contributed by atoms with Gasteiger partial charge in [0.15, 0.2) is 0 Å². The van der Waals surface area contributed by atoms with Gasteiger partial charge >= 0.3 is 0 Å². The molecule has 2 aliphatic rings.